The van der Waals surface area contributed by atoms with Crippen molar-refractivity contribution in [3.8, 4) is 0 Å². The molecular weight excluding hydrogens is 764 g/mol. The van der Waals surface area contributed by atoms with Crippen LogP contribution in [0.2, 0.25) is 0 Å². The molecule has 332 valence electrons. The molecule has 4 saturated carbocycles. The average Bonchev–Trinajstić information content (AvgIpc) is 3.16. The molecule has 4 fully saturated rings. The van der Waals surface area contributed by atoms with Crippen molar-refractivity contribution in [1.29, 1.82) is 0 Å². The number of ether oxygens (including phenoxy) is 6. The number of fused-ring (bicyclic) bond motifs is 2. The maximum absolute atomic E-state index is 14.1. The van der Waals surface area contributed by atoms with Gasteiger partial charge in [-0.15, -0.1) is 0 Å². The zero-order valence-electron chi connectivity index (χ0n) is 36.4. The molecule has 0 heterocycles. The van der Waals surface area contributed by atoms with Crippen molar-refractivity contribution in [1.82, 2.24) is 0 Å². The summed E-state index contributed by atoms with van der Waals surface area (Å²) in [7, 11) is 3.40. The van der Waals surface area contributed by atoms with Crippen LogP contribution in [-0.4, -0.2) is 99.4 Å². The van der Waals surface area contributed by atoms with E-state index < -0.39 is 83.5 Å². The van der Waals surface area contributed by atoms with Crippen LogP contribution in [0.15, 0.2) is 24.3 Å². The smallest absolute Gasteiger partial charge is 0.335 e. The summed E-state index contributed by atoms with van der Waals surface area (Å²) >= 11 is 0. The summed E-state index contributed by atoms with van der Waals surface area (Å²) in [6.45, 7) is 19.7. The number of carboxylic acids is 2. The molecule has 0 aromatic rings. The Morgan fingerprint density at radius 2 is 1.05 bits per heavy atom. The van der Waals surface area contributed by atoms with E-state index in [4.69, 9.17) is 28.4 Å². The first-order chi connectivity index (χ1) is 27.6. The predicted octanol–water partition coefficient (Wildman–Crippen LogP) is 6.58. The number of esters is 4. The minimum atomic E-state index is -1.54. The zero-order chi connectivity index (χ0) is 44.1. The molecule has 14 nitrogen and oxygen atoms in total. The van der Waals surface area contributed by atoms with Gasteiger partial charge in [0.05, 0.1) is 54.0 Å². The second-order valence-electron chi connectivity index (χ2n) is 19.1. The molecule has 0 bridgehead atoms. The number of carbonyl (C=O) groups excluding carboxylic acids is 4. The van der Waals surface area contributed by atoms with Crippen molar-refractivity contribution in [2.24, 2.45) is 57.2 Å². The lowest BCUT2D eigenvalue weighted by molar-refractivity contribution is -0.181. The molecule has 4 aliphatic carbocycles. The number of carboxylic acid groups (broad SMARTS) is 2. The van der Waals surface area contributed by atoms with Crippen LogP contribution in [0.5, 0.6) is 0 Å². The van der Waals surface area contributed by atoms with Crippen molar-refractivity contribution in [2.75, 3.05) is 41.2 Å². The summed E-state index contributed by atoms with van der Waals surface area (Å²) in [4.78, 5) is 76.9. The molecule has 0 aromatic heterocycles. The van der Waals surface area contributed by atoms with Crippen LogP contribution in [-0.2, 0) is 57.2 Å². The lowest BCUT2D eigenvalue weighted by Crippen LogP contribution is -2.54. The normalized spacial score (nSPS) is 32.2. The van der Waals surface area contributed by atoms with Gasteiger partial charge in [0, 0.05) is 17.3 Å². The Kier molecular flexibility index (Phi) is 15.7. The number of hydrogen-bond acceptors (Lipinski definition) is 12. The summed E-state index contributed by atoms with van der Waals surface area (Å²) in [5, 5.41) is 19.5. The van der Waals surface area contributed by atoms with Gasteiger partial charge in [0.15, 0.2) is 12.2 Å². The second-order valence-corrected chi connectivity index (χ2v) is 19.1. The monoisotopic (exact) mass is 832 g/mol. The van der Waals surface area contributed by atoms with Gasteiger partial charge in [-0.05, 0) is 79.4 Å². The molecule has 0 amide bonds. The maximum atomic E-state index is 14.1. The Labute approximate surface area is 349 Å². The zero-order valence-corrected chi connectivity index (χ0v) is 36.4. The summed E-state index contributed by atoms with van der Waals surface area (Å²) in [6.07, 6.45) is 4.00. The minimum Gasteiger partial charge on any atom is -0.481 e. The molecule has 0 aliphatic heterocycles. The first-order valence-electron chi connectivity index (χ1n) is 21.0. The summed E-state index contributed by atoms with van der Waals surface area (Å²) in [5.74, 6) is -9.14. The predicted molar refractivity (Wildman–Crippen MR) is 214 cm³/mol. The molecule has 59 heavy (non-hydrogen) atoms. The van der Waals surface area contributed by atoms with Crippen molar-refractivity contribution in [3.63, 3.8) is 0 Å². The Balaban J connectivity index is 1.54. The van der Waals surface area contributed by atoms with E-state index in [9.17, 15) is 39.0 Å². The van der Waals surface area contributed by atoms with Crippen LogP contribution in [0.25, 0.3) is 0 Å². The van der Waals surface area contributed by atoms with Gasteiger partial charge in [-0.3, -0.25) is 19.2 Å². The van der Waals surface area contributed by atoms with Crippen LogP contribution in [0.4, 0.5) is 0 Å². The van der Waals surface area contributed by atoms with Gasteiger partial charge < -0.3 is 38.6 Å². The molecule has 2 N–H and O–H groups in total. The summed E-state index contributed by atoms with van der Waals surface area (Å²) in [6, 6.07) is 0. The van der Waals surface area contributed by atoms with E-state index in [0.29, 0.717) is 25.2 Å². The van der Waals surface area contributed by atoms with Gasteiger partial charge in [0.25, 0.3) is 0 Å². The first-order valence-corrected chi connectivity index (χ1v) is 21.0. The largest absolute Gasteiger partial charge is 0.481 e. The average molecular weight is 833 g/mol. The lowest BCUT2D eigenvalue weighted by Gasteiger charge is -2.58. The first kappa shape index (κ1) is 47.9. The molecule has 11 atom stereocenters. The van der Waals surface area contributed by atoms with Crippen LogP contribution in [0.3, 0.4) is 0 Å². The van der Waals surface area contributed by atoms with Crippen molar-refractivity contribution >= 4 is 35.8 Å². The quantitative estimate of drug-likeness (QED) is 0.0853. The maximum Gasteiger partial charge on any atom is 0.335 e. The number of rotatable bonds is 18. The van der Waals surface area contributed by atoms with E-state index >= 15 is 0 Å². The molecule has 11 unspecified atom stereocenters. The van der Waals surface area contributed by atoms with Gasteiger partial charge >= 0.3 is 35.8 Å². The third kappa shape index (κ3) is 10.2. The fourth-order valence-electron chi connectivity index (χ4n) is 12.0. The van der Waals surface area contributed by atoms with Gasteiger partial charge in [-0.25, -0.2) is 9.59 Å². The molecule has 14 heteroatoms. The van der Waals surface area contributed by atoms with Gasteiger partial charge in [-0.1, -0.05) is 71.8 Å². The van der Waals surface area contributed by atoms with E-state index in [-0.39, 0.29) is 48.4 Å². The van der Waals surface area contributed by atoms with Gasteiger partial charge in [0.1, 0.15) is 11.8 Å². The minimum absolute atomic E-state index is 0.0565. The van der Waals surface area contributed by atoms with Crippen molar-refractivity contribution in [3.05, 3.63) is 24.3 Å². The number of hydrogen-bond donors (Lipinski definition) is 2. The number of aliphatic carboxylic acids is 2. The van der Waals surface area contributed by atoms with Crippen LogP contribution in [0, 0.1) is 57.2 Å². The van der Waals surface area contributed by atoms with E-state index in [2.05, 4.69) is 40.9 Å². The third-order valence-electron chi connectivity index (χ3n) is 15.1. The highest BCUT2D eigenvalue weighted by Crippen LogP contribution is 2.62. The van der Waals surface area contributed by atoms with Crippen LogP contribution >= 0.6 is 0 Å². The van der Waals surface area contributed by atoms with E-state index in [1.807, 2.05) is 6.92 Å². The van der Waals surface area contributed by atoms with Crippen molar-refractivity contribution in [2.45, 2.75) is 124 Å². The molecule has 0 aromatic carbocycles. The highest BCUT2D eigenvalue weighted by Gasteiger charge is 2.57. The molecular formula is C45H68O14. The molecule has 0 spiro atoms. The second kappa shape index (κ2) is 19.3. The summed E-state index contributed by atoms with van der Waals surface area (Å²) < 4.78 is 33.3. The number of carbonyl (C=O) groups is 6. The van der Waals surface area contributed by atoms with Gasteiger partial charge in [0.2, 0.25) is 0 Å². The van der Waals surface area contributed by atoms with E-state index in [1.165, 1.54) is 7.11 Å². The topological polar surface area (TPSA) is 198 Å². The lowest BCUT2D eigenvalue weighted by atomic mass is 9.47. The Hall–Kier alpha value is -3.78. The molecule has 0 radical (unpaired) electrons. The molecule has 4 aliphatic rings. The Bertz CT molecular complexity index is 1620. The fraction of sp³-hybridized carbons (Fsp3) is 0.778. The highest BCUT2D eigenvalue weighted by molar-refractivity contribution is 5.87. The Morgan fingerprint density at radius 3 is 1.51 bits per heavy atom. The third-order valence-corrected chi connectivity index (χ3v) is 15.1. The van der Waals surface area contributed by atoms with E-state index in [1.54, 1.807) is 0 Å². The Morgan fingerprint density at radius 1 is 0.627 bits per heavy atom. The standard InChI is InChI=1S/C45H68O14/c1-26-13-15-32-42(3,4)17-11-19-44(32,6)30(26)23-58-37(41(53)56-10)29(22-35(48)49)39(51)59-25-43(5)18-12-20-45(7)31(27(2)14-16-33(43)45)24-57-36(40(52)55-9)28(21-34(46)47)38(50)54-8/h28-33,36-37H,1-2,11-25H2,3-10H3,(H,46,47)(H,48,49). The fourth-order valence-corrected chi connectivity index (χ4v) is 12.0. The molecule has 0 saturated heterocycles. The van der Waals surface area contributed by atoms with Crippen molar-refractivity contribution < 1.29 is 67.4 Å². The van der Waals surface area contributed by atoms with E-state index in [0.717, 1.165) is 70.3 Å². The van der Waals surface area contributed by atoms with Crippen LogP contribution in [0.1, 0.15) is 112 Å². The van der Waals surface area contributed by atoms with Gasteiger partial charge in [-0.2, -0.15) is 0 Å². The summed E-state index contributed by atoms with van der Waals surface area (Å²) in [5.41, 5.74) is 0.809. The number of methoxy groups -OCH3 is 3. The highest BCUT2D eigenvalue weighted by atomic mass is 16.6. The molecule has 4 rings (SSSR count). The van der Waals surface area contributed by atoms with Crippen LogP contribution < -0.4 is 0 Å². The SMILES string of the molecule is C=C1CCC2C(C)(C)CCCC2(C)C1COC(C(=O)OC)C(CC(=O)O)C(=O)OCC1(C)CCCC2(C)C(COC(C(=O)OC)C(CC(=O)O)C(=O)OC)C(=C)CCC12.